The molecule has 0 bridgehead atoms. The number of hydrogen-bond acceptors (Lipinski definition) is 4. The molecule has 0 aromatic carbocycles. The lowest BCUT2D eigenvalue weighted by Gasteiger charge is -2.27. The highest BCUT2D eigenvalue weighted by Gasteiger charge is 2.41. The Morgan fingerprint density at radius 1 is 1.47 bits per heavy atom. The molecule has 0 spiro atoms. The van der Waals surface area contributed by atoms with Crippen molar-refractivity contribution in [3.63, 3.8) is 0 Å². The maximum absolute atomic E-state index is 12.2. The average molecular weight is 264 g/mol. The summed E-state index contributed by atoms with van der Waals surface area (Å²) < 4.78 is 5.25. The lowest BCUT2D eigenvalue weighted by molar-refractivity contribution is -0.138. The molecule has 0 aliphatic carbocycles. The van der Waals surface area contributed by atoms with Gasteiger partial charge in [-0.3, -0.25) is 9.88 Å². The maximum atomic E-state index is 12.2. The summed E-state index contributed by atoms with van der Waals surface area (Å²) in [6.07, 6.45) is 1.12. The number of aliphatic carboxylic acids is 1. The predicted octanol–water partition coefficient (Wildman–Crippen LogP) is 1.83. The SMILES string of the molecule is CC(C)(C)OC(=O)N1c2cccnc2CC1C(=O)O. The number of carbonyl (C=O) groups excluding carboxylic acids is 1. The van der Waals surface area contributed by atoms with Crippen molar-refractivity contribution < 1.29 is 19.4 Å². The van der Waals surface area contributed by atoms with Crippen LogP contribution in [-0.4, -0.2) is 33.8 Å². The highest BCUT2D eigenvalue weighted by molar-refractivity contribution is 5.98. The molecular weight excluding hydrogens is 248 g/mol. The smallest absolute Gasteiger partial charge is 0.415 e. The van der Waals surface area contributed by atoms with Gasteiger partial charge in [0.25, 0.3) is 0 Å². The molecule has 0 saturated carbocycles. The van der Waals surface area contributed by atoms with Gasteiger partial charge in [0.2, 0.25) is 0 Å². The van der Waals surface area contributed by atoms with Crippen LogP contribution in [-0.2, 0) is 16.0 Å². The number of rotatable bonds is 1. The number of pyridine rings is 1. The van der Waals surface area contributed by atoms with Gasteiger partial charge < -0.3 is 9.84 Å². The van der Waals surface area contributed by atoms with Crippen LogP contribution >= 0.6 is 0 Å². The highest BCUT2D eigenvalue weighted by Crippen LogP contribution is 2.31. The predicted molar refractivity (Wildman–Crippen MR) is 68.1 cm³/mol. The van der Waals surface area contributed by atoms with Crippen LogP contribution in [0.2, 0.25) is 0 Å². The highest BCUT2D eigenvalue weighted by atomic mass is 16.6. The van der Waals surface area contributed by atoms with Crippen LogP contribution in [0.15, 0.2) is 18.3 Å². The molecule has 6 nitrogen and oxygen atoms in total. The zero-order valence-electron chi connectivity index (χ0n) is 11.1. The Balaban J connectivity index is 2.34. The third kappa shape index (κ3) is 2.67. The van der Waals surface area contributed by atoms with Crippen molar-refractivity contribution in [2.24, 2.45) is 0 Å². The molecule has 1 aliphatic rings. The molecule has 1 aromatic rings. The van der Waals surface area contributed by atoms with Crippen molar-refractivity contribution in [1.29, 1.82) is 0 Å². The zero-order valence-corrected chi connectivity index (χ0v) is 11.1. The minimum atomic E-state index is -1.07. The Morgan fingerprint density at radius 2 is 2.16 bits per heavy atom. The van der Waals surface area contributed by atoms with Crippen LogP contribution in [0.1, 0.15) is 26.5 Å². The standard InChI is InChI=1S/C13H16N2O4/c1-13(2,3)19-12(18)15-9-5-4-6-14-8(9)7-10(15)11(16)17/h4-6,10H,7H2,1-3H3,(H,16,17). The number of aromatic nitrogens is 1. The molecule has 1 unspecified atom stereocenters. The van der Waals surface area contributed by atoms with Crippen molar-refractivity contribution in [2.75, 3.05) is 4.90 Å². The van der Waals surface area contributed by atoms with Crippen LogP contribution in [0.5, 0.6) is 0 Å². The van der Waals surface area contributed by atoms with E-state index in [1.54, 1.807) is 39.1 Å². The van der Waals surface area contributed by atoms with Gasteiger partial charge in [0, 0.05) is 12.6 Å². The molecule has 0 saturated heterocycles. The molecule has 1 aliphatic heterocycles. The Bertz CT molecular complexity index is 522. The molecule has 1 aromatic heterocycles. The second-order valence-corrected chi connectivity index (χ2v) is 5.38. The molecule has 6 heteroatoms. The molecule has 2 rings (SSSR count). The van der Waals surface area contributed by atoms with Gasteiger partial charge >= 0.3 is 12.1 Å². The van der Waals surface area contributed by atoms with Crippen molar-refractivity contribution in [2.45, 2.75) is 38.8 Å². The number of carbonyl (C=O) groups is 2. The van der Waals surface area contributed by atoms with Crippen LogP contribution < -0.4 is 4.90 Å². The summed E-state index contributed by atoms with van der Waals surface area (Å²) in [5, 5.41) is 9.23. The summed E-state index contributed by atoms with van der Waals surface area (Å²) in [4.78, 5) is 28.7. The van der Waals surface area contributed by atoms with Gasteiger partial charge in [0.1, 0.15) is 11.6 Å². The van der Waals surface area contributed by atoms with E-state index < -0.39 is 23.7 Å². The number of amides is 1. The number of anilines is 1. The number of nitrogens with zero attached hydrogens (tertiary/aromatic N) is 2. The van der Waals surface area contributed by atoms with Gasteiger partial charge in [-0.15, -0.1) is 0 Å². The Morgan fingerprint density at radius 3 is 2.74 bits per heavy atom. The molecule has 19 heavy (non-hydrogen) atoms. The fourth-order valence-corrected chi connectivity index (χ4v) is 1.98. The van der Waals surface area contributed by atoms with Crippen molar-refractivity contribution in [3.05, 3.63) is 24.0 Å². The molecule has 102 valence electrons. The molecule has 1 amide bonds. The summed E-state index contributed by atoms with van der Waals surface area (Å²) >= 11 is 0. The normalized spacial score (nSPS) is 18.1. The van der Waals surface area contributed by atoms with Gasteiger partial charge in [-0.25, -0.2) is 9.59 Å². The summed E-state index contributed by atoms with van der Waals surface area (Å²) in [6.45, 7) is 5.21. The molecule has 0 fully saturated rings. The molecule has 2 heterocycles. The summed E-state index contributed by atoms with van der Waals surface area (Å²) in [7, 11) is 0. The summed E-state index contributed by atoms with van der Waals surface area (Å²) in [6, 6.07) is 2.38. The first-order valence-corrected chi connectivity index (χ1v) is 5.98. The van der Waals surface area contributed by atoms with E-state index in [1.165, 1.54) is 0 Å². The van der Waals surface area contributed by atoms with Crippen molar-refractivity contribution >= 4 is 17.7 Å². The van der Waals surface area contributed by atoms with E-state index in [9.17, 15) is 14.7 Å². The van der Waals surface area contributed by atoms with Gasteiger partial charge in [-0.2, -0.15) is 0 Å². The van der Waals surface area contributed by atoms with E-state index in [0.717, 1.165) is 4.90 Å². The number of carboxylic acids is 1. The monoisotopic (exact) mass is 264 g/mol. The number of fused-ring (bicyclic) bond motifs is 1. The summed E-state index contributed by atoms with van der Waals surface area (Å²) in [5.74, 6) is -1.07. The van der Waals surface area contributed by atoms with Crippen LogP contribution in [0, 0.1) is 0 Å². The van der Waals surface area contributed by atoms with E-state index in [-0.39, 0.29) is 6.42 Å². The average Bonchev–Trinajstić information content (AvgIpc) is 2.65. The molecule has 0 radical (unpaired) electrons. The second-order valence-electron chi connectivity index (χ2n) is 5.38. The van der Waals surface area contributed by atoms with E-state index in [4.69, 9.17) is 4.74 Å². The molecular formula is C13H16N2O4. The quantitative estimate of drug-likeness (QED) is 0.837. The fraction of sp³-hybridized carbons (Fsp3) is 0.462. The third-order valence-electron chi connectivity index (χ3n) is 2.70. The largest absolute Gasteiger partial charge is 0.480 e. The topological polar surface area (TPSA) is 79.7 Å². The van der Waals surface area contributed by atoms with Gasteiger partial charge in [-0.1, -0.05) is 0 Å². The zero-order chi connectivity index (χ0) is 14.2. The van der Waals surface area contributed by atoms with E-state index in [0.29, 0.717) is 11.4 Å². The van der Waals surface area contributed by atoms with Gasteiger partial charge in [-0.05, 0) is 32.9 Å². The maximum Gasteiger partial charge on any atom is 0.415 e. The lowest BCUT2D eigenvalue weighted by Crippen LogP contribution is -2.45. The fourth-order valence-electron chi connectivity index (χ4n) is 1.98. The number of ether oxygens (including phenoxy) is 1. The van der Waals surface area contributed by atoms with Crippen LogP contribution in [0.25, 0.3) is 0 Å². The van der Waals surface area contributed by atoms with E-state index >= 15 is 0 Å². The minimum absolute atomic E-state index is 0.199. The number of carboxylic acid groups (broad SMARTS) is 1. The van der Waals surface area contributed by atoms with Crippen molar-refractivity contribution in [3.8, 4) is 0 Å². The Kier molecular flexibility index (Phi) is 3.18. The Hall–Kier alpha value is -2.11. The lowest BCUT2D eigenvalue weighted by atomic mass is 10.2. The van der Waals surface area contributed by atoms with Crippen LogP contribution in [0.3, 0.4) is 0 Å². The molecule has 1 N–H and O–H groups in total. The number of hydrogen-bond donors (Lipinski definition) is 1. The summed E-state index contributed by atoms with van der Waals surface area (Å²) in [5.41, 5.74) is 0.426. The third-order valence-corrected chi connectivity index (χ3v) is 2.70. The first kappa shape index (κ1) is 13.3. The minimum Gasteiger partial charge on any atom is -0.480 e. The van der Waals surface area contributed by atoms with Gasteiger partial charge in [0.15, 0.2) is 0 Å². The molecule has 1 atom stereocenters. The second kappa shape index (κ2) is 4.53. The van der Waals surface area contributed by atoms with E-state index in [1.807, 2.05) is 0 Å². The van der Waals surface area contributed by atoms with Crippen LogP contribution in [0.4, 0.5) is 10.5 Å². The van der Waals surface area contributed by atoms with Gasteiger partial charge in [0.05, 0.1) is 11.4 Å². The first-order chi connectivity index (χ1) is 8.79. The van der Waals surface area contributed by atoms with E-state index in [2.05, 4.69) is 4.98 Å². The Labute approximate surface area is 111 Å². The first-order valence-electron chi connectivity index (χ1n) is 5.98. The van der Waals surface area contributed by atoms with Crippen molar-refractivity contribution in [1.82, 2.24) is 4.98 Å².